The number of β-amino-alcohol motifs (C(OH)–C–C–N with tert-alkyl or cyclic N) is 1. The molecule has 1 aliphatic rings. The van der Waals surface area contributed by atoms with Gasteiger partial charge in [0.15, 0.2) is 5.65 Å². The molecule has 4 heterocycles. The number of aromatic nitrogens is 4. The molecule has 3 atom stereocenters. The van der Waals surface area contributed by atoms with Crippen LogP contribution in [0.1, 0.15) is 60.8 Å². The van der Waals surface area contributed by atoms with E-state index in [0.717, 1.165) is 44.6 Å². The number of carbonyl (C=O) groups excluding carboxylic acids is 4. The number of hydrogen-bond acceptors (Lipinski definition) is 11. The Morgan fingerprint density at radius 3 is 2.29 bits per heavy atom. The number of benzene rings is 3. The largest absolute Gasteiger partial charge is 0.416 e. The second-order valence-corrected chi connectivity index (χ2v) is 18.8. The van der Waals surface area contributed by atoms with E-state index >= 15 is 0 Å². The van der Waals surface area contributed by atoms with Gasteiger partial charge in [-0.1, -0.05) is 45.0 Å². The summed E-state index contributed by atoms with van der Waals surface area (Å²) in [7, 11) is 1.75. The Kier molecular flexibility index (Phi) is 16.2. The molecule has 1 fully saturated rings. The van der Waals surface area contributed by atoms with Crippen molar-refractivity contribution in [2.24, 2.45) is 12.5 Å². The molecule has 4 N–H and O–H groups in total. The number of alkyl halides is 3. The maximum absolute atomic E-state index is 13.9. The van der Waals surface area contributed by atoms with Gasteiger partial charge in [0.05, 0.1) is 53.1 Å². The lowest BCUT2D eigenvalue weighted by atomic mass is 9.85. The molecule has 1 aliphatic heterocycles. The highest BCUT2D eigenvalue weighted by atomic mass is 32.1. The van der Waals surface area contributed by atoms with E-state index in [0.29, 0.717) is 42.0 Å². The van der Waals surface area contributed by atoms with Crippen LogP contribution in [0.25, 0.3) is 38.1 Å². The second kappa shape index (κ2) is 22.1. The van der Waals surface area contributed by atoms with Gasteiger partial charge in [0.25, 0.3) is 5.91 Å². The first-order valence-electron chi connectivity index (χ1n) is 22.6. The molecule has 0 spiro atoms. The molecule has 0 radical (unpaired) electrons. The molecule has 0 aliphatic carbocycles. The Balaban J connectivity index is 0.777. The zero-order valence-electron chi connectivity index (χ0n) is 39.1. The van der Waals surface area contributed by atoms with E-state index in [4.69, 9.17) is 14.2 Å². The molecule has 7 rings (SSSR count). The summed E-state index contributed by atoms with van der Waals surface area (Å²) in [4.78, 5) is 60.1. The minimum absolute atomic E-state index is 0.0350. The van der Waals surface area contributed by atoms with E-state index in [1.165, 1.54) is 17.0 Å². The van der Waals surface area contributed by atoms with Crippen molar-refractivity contribution in [3.63, 3.8) is 0 Å². The number of aliphatic hydroxyl groups excluding tert-OH is 1. The Bertz CT molecular complexity index is 2750. The topological polar surface area (TPSA) is 191 Å². The highest BCUT2D eigenvalue weighted by molar-refractivity contribution is 7.13. The summed E-state index contributed by atoms with van der Waals surface area (Å²) in [5.74, 6) is -1.67. The third-order valence-electron chi connectivity index (χ3n) is 11.7. The fraction of sp³-hybridized carbons (Fsp3) is 0.429. The van der Waals surface area contributed by atoms with Crippen molar-refractivity contribution >= 4 is 56.9 Å². The maximum Gasteiger partial charge on any atom is 0.416 e. The van der Waals surface area contributed by atoms with Gasteiger partial charge >= 0.3 is 6.18 Å². The van der Waals surface area contributed by atoms with E-state index in [1.54, 1.807) is 57.5 Å². The first-order chi connectivity index (χ1) is 32.9. The van der Waals surface area contributed by atoms with Crippen LogP contribution in [0.5, 0.6) is 0 Å². The van der Waals surface area contributed by atoms with Crippen molar-refractivity contribution in [3.8, 4) is 16.1 Å². The second-order valence-electron chi connectivity index (χ2n) is 18.0. The first kappa shape index (κ1) is 50.7. The van der Waals surface area contributed by atoms with Gasteiger partial charge in [-0.15, -0.1) is 11.3 Å². The lowest BCUT2D eigenvalue weighted by molar-refractivity contribution is -0.144. The van der Waals surface area contributed by atoms with E-state index in [9.17, 15) is 37.5 Å². The van der Waals surface area contributed by atoms with Crippen molar-refractivity contribution in [1.82, 2.24) is 40.2 Å². The molecule has 69 heavy (non-hydrogen) atoms. The van der Waals surface area contributed by atoms with Crippen LogP contribution in [0.2, 0.25) is 0 Å². The number of rotatable bonds is 20. The van der Waals surface area contributed by atoms with Crippen LogP contribution in [0.15, 0.2) is 78.4 Å². The summed E-state index contributed by atoms with van der Waals surface area (Å²) in [5, 5.41) is 25.1. The molecule has 0 bridgehead atoms. The molecule has 0 unspecified atom stereocenters. The highest BCUT2D eigenvalue weighted by Crippen LogP contribution is 2.35. The molecule has 1 saturated heterocycles. The minimum atomic E-state index is -4.46. The smallest absolute Gasteiger partial charge is 0.391 e. The van der Waals surface area contributed by atoms with Crippen molar-refractivity contribution in [2.45, 2.75) is 71.4 Å². The maximum atomic E-state index is 13.9. The molecule has 6 aromatic rings. The third kappa shape index (κ3) is 12.5. The zero-order chi connectivity index (χ0) is 49.5. The number of aliphatic hydroxyl groups is 1. The Labute approximate surface area is 401 Å². The van der Waals surface area contributed by atoms with Crippen molar-refractivity contribution in [2.75, 3.05) is 52.7 Å². The quantitative estimate of drug-likeness (QED) is 0.0666. The number of likely N-dealkylation sites (tertiary alicyclic amines) is 1. The van der Waals surface area contributed by atoms with E-state index in [-0.39, 0.29) is 64.3 Å². The SMILES string of the molecule is Cc1ncsc1-c1ccc(CNC(=O)[C@@H]2C[C@@H](O)CN2C(=O)[C@@H](NC(=O)COCCCOCCOCCNC(=O)c2ccc3c(c2)c2cn(C)nc2n3-c2ccc(C(F)(F)F)cc2)C(C)(C)C)cc1. The first-order valence-corrected chi connectivity index (χ1v) is 23.5. The Morgan fingerprint density at radius 2 is 1.61 bits per heavy atom. The molecule has 16 nitrogen and oxygen atoms in total. The molecule has 3 aromatic carbocycles. The van der Waals surface area contributed by atoms with Crippen LogP contribution in [-0.4, -0.2) is 124 Å². The van der Waals surface area contributed by atoms with Crippen molar-refractivity contribution < 1.29 is 51.7 Å². The van der Waals surface area contributed by atoms with Gasteiger partial charge in [-0.3, -0.25) is 28.4 Å². The number of amides is 4. The molecular weight excluding hydrogens is 918 g/mol. The number of ether oxygens (including phenoxy) is 3. The van der Waals surface area contributed by atoms with Gasteiger partial charge in [-0.2, -0.15) is 18.3 Å². The Hall–Kier alpha value is -6.19. The number of aryl methyl sites for hydroxylation is 2. The van der Waals surface area contributed by atoms with Gasteiger partial charge in [-0.25, -0.2) is 4.98 Å². The van der Waals surface area contributed by atoms with Gasteiger partial charge < -0.3 is 40.2 Å². The molecule has 368 valence electrons. The highest BCUT2D eigenvalue weighted by Gasteiger charge is 2.44. The number of nitrogens with zero attached hydrogens (tertiary/aromatic N) is 5. The van der Waals surface area contributed by atoms with Gasteiger partial charge in [0.2, 0.25) is 17.7 Å². The summed E-state index contributed by atoms with van der Waals surface area (Å²) in [6.45, 7) is 8.92. The summed E-state index contributed by atoms with van der Waals surface area (Å²) in [5.41, 5.74) is 5.35. The average Bonchev–Trinajstić information content (AvgIpc) is 4.09. The van der Waals surface area contributed by atoms with Crippen LogP contribution < -0.4 is 16.0 Å². The van der Waals surface area contributed by atoms with Crippen LogP contribution >= 0.6 is 11.3 Å². The molecule has 4 amide bonds. The summed E-state index contributed by atoms with van der Waals surface area (Å²) < 4.78 is 59.8. The number of fused-ring (bicyclic) bond motifs is 3. The number of hydrogen-bond donors (Lipinski definition) is 4. The number of nitrogens with one attached hydrogen (secondary N) is 3. The third-order valence-corrected chi connectivity index (χ3v) is 12.7. The monoisotopic (exact) mass is 974 g/mol. The minimum Gasteiger partial charge on any atom is -0.391 e. The summed E-state index contributed by atoms with van der Waals surface area (Å²) >= 11 is 1.56. The molecule has 20 heteroatoms. The fourth-order valence-corrected chi connectivity index (χ4v) is 8.98. The van der Waals surface area contributed by atoms with E-state index < -0.39 is 47.2 Å². The average molecular weight is 975 g/mol. The standard InChI is InChI=1S/C49H57F3N8O8S/c1-30-42(69-29-55-30)32-9-7-31(8-10-32)25-54-46(64)40-24-36(61)26-59(40)47(65)43(48(2,3)4)56-41(62)28-68-19-6-18-66-21-22-67-20-17-53-45(63)33-11-16-39-37(23-33)38-27-58(5)57-44(38)60(39)35-14-12-34(13-15-35)49(50,51)52/h7-16,23,27,29,36,40,43,61H,6,17-22,24-26,28H2,1-5H3,(H,53,63)(H,54,64)(H,56,62)/t36-,40+,43-/m1/s1. The molecule has 3 aromatic heterocycles. The molecule has 0 saturated carbocycles. The van der Waals surface area contributed by atoms with E-state index in [2.05, 4.69) is 26.0 Å². The van der Waals surface area contributed by atoms with Gasteiger partial charge in [0.1, 0.15) is 18.7 Å². The van der Waals surface area contributed by atoms with Crippen LogP contribution in [0.4, 0.5) is 13.2 Å². The predicted octanol–water partition coefficient (Wildman–Crippen LogP) is 5.95. The van der Waals surface area contributed by atoms with Gasteiger partial charge in [-0.05, 0) is 72.4 Å². The zero-order valence-corrected chi connectivity index (χ0v) is 39.9. The summed E-state index contributed by atoms with van der Waals surface area (Å²) in [6.07, 6.45) is -2.98. The van der Waals surface area contributed by atoms with Crippen LogP contribution in [0, 0.1) is 12.3 Å². The normalized spacial score (nSPS) is 15.8. The number of halogens is 3. The van der Waals surface area contributed by atoms with E-state index in [1.807, 2.05) is 52.0 Å². The summed E-state index contributed by atoms with van der Waals surface area (Å²) in [6, 6.07) is 15.9. The van der Waals surface area contributed by atoms with Gasteiger partial charge in [0, 0.05) is 74.5 Å². The predicted molar refractivity (Wildman–Crippen MR) is 254 cm³/mol. The molecular formula is C49H57F3N8O8S. The van der Waals surface area contributed by atoms with Crippen molar-refractivity contribution in [1.29, 1.82) is 0 Å². The lowest BCUT2D eigenvalue weighted by Crippen LogP contribution is -2.58. The van der Waals surface area contributed by atoms with Crippen LogP contribution in [0.3, 0.4) is 0 Å². The number of thiazole rings is 1. The fourth-order valence-electron chi connectivity index (χ4n) is 8.17. The number of carbonyl (C=O) groups is 4. The van der Waals surface area contributed by atoms with Crippen LogP contribution in [-0.2, 0) is 48.4 Å². The Morgan fingerprint density at radius 1 is 0.899 bits per heavy atom. The van der Waals surface area contributed by atoms with Crippen molar-refractivity contribution in [3.05, 3.63) is 101 Å². The lowest BCUT2D eigenvalue weighted by Gasteiger charge is -2.35.